The van der Waals surface area contributed by atoms with Gasteiger partial charge in [0.1, 0.15) is 29.0 Å². The first kappa shape index (κ1) is 17.5. The molecule has 9 nitrogen and oxygen atoms in total. The number of H-pyrrole nitrogens is 1. The van der Waals surface area contributed by atoms with Gasteiger partial charge in [-0.1, -0.05) is 0 Å². The van der Waals surface area contributed by atoms with Crippen molar-refractivity contribution in [2.45, 2.75) is 31.8 Å². The first-order valence-electron chi connectivity index (χ1n) is 9.27. The number of aromatic nitrogens is 6. The largest absolute Gasteiger partial charge is 0.465 e. The van der Waals surface area contributed by atoms with E-state index >= 15 is 0 Å². The summed E-state index contributed by atoms with van der Waals surface area (Å²) in [6.07, 6.45) is 4.88. The average Bonchev–Trinajstić information content (AvgIpc) is 3.30. The summed E-state index contributed by atoms with van der Waals surface area (Å²) in [7, 11) is 1.24. The molecule has 0 radical (unpaired) electrons. The van der Waals surface area contributed by atoms with Crippen LogP contribution in [0.4, 0.5) is 10.2 Å². The van der Waals surface area contributed by atoms with Crippen molar-refractivity contribution >= 4 is 34.0 Å². The highest BCUT2D eigenvalue weighted by molar-refractivity contribution is 6.02. The molecule has 1 aromatic carbocycles. The molecule has 1 atom stereocenters. The normalized spacial score (nSPS) is 15.0. The van der Waals surface area contributed by atoms with Gasteiger partial charge in [0.2, 0.25) is 0 Å². The van der Waals surface area contributed by atoms with Crippen LogP contribution in [0.15, 0.2) is 24.8 Å². The van der Waals surface area contributed by atoms with Crippen LogP contribution in [0.1, 0.15) is 48.0 Å². The fourth-order valence-corrected chi connectivity index (χ4v) is 3.63. The van der Waals surface area contributed by atoms with Crippen molar-refractivity contribution in [3.63, 3.8) is 0 Å². The fraction of sp³-hybridized carbons (Fsp3) is 0.316. The molecule has 10 heteroatoms. The lowest BCUT2D eigenvalue weighted by molar-refractivity contribution is 0.0597. The fourth-order valence-electron chi connectivity index (χ4n) is 3.63. The number of methoxy groups -OCH3 is 1. The Morgan fingerprint density at radius 3 is 2.93 bits per heavy atom. The second-order valence-corrected chi connectivity index (χ2v) is 7.04. The first-order chi connectivity index (χ1) is 14.1. The molecule has 0 amide bonds. The van der Waals surface area contributed by atoms with Crippen molar-refractivity contribution in [2.75, 3.05) is 12.4 Å². The predicted molar refractivity (Wildman–Crippen MR) is 103 cm³/mol. The Hall–Kier alpha value is -3.56. The third kappa shape index (κ3) is 2.79. The molecule has 3 heterocycles. The molecule has 148 valence electrons. The minimum absolute atomic E-state index is 0.0826. The second kappa shape index (κ2) is 6.50. The Labute approximate surface area is 164 Å². The quantitative estimate of drug-likeness (QED) is 0.500. The Morgan fingerprint density at radius 2 is 2.17 bits per heavy atom. The second-order valence-electron chi connectivity index (χ2n) is 7.04. The SMILES string of the molecule is COC(=O)c1c(F)ccc2nc(C(C)Nc3ncnc4nc[nH]c34)n(C3CC3)c12. The molecule has 1 fully saturated rings. The van der Waals surface area contributed by atoms with E-state index in [2.05, 4.69) is 25.3 Å². The Morgan fingerprint density at radius 1 is 1.34 bits per heavy atom. The smallest absolute Gasteiger partial charge is 0.343 e. The van der Waals surface area contributed by atoms with Crippen molar-refractivity contribution in [2.24, 2.45) is 0 Å². The minimum Gasteiger partial charge on any atom is -0.465 e. The maximum atomic E-state index is 14.5. The maximum Gasteiger partial charge on any atom is 0.343 e. The summed E-state index contributed by atoms with van der Waals surface area (Å²) in [5.41, 5.74) is 2.19. The number of nitrogens with one attached hydrogen (secondary N) is 2. The number of hydrogen-bond acceptors (Lipinski definition) is 7. The van der Waals surface area contributed by atoms with Crippen LogP contribution in [0.3, 0.4) is 0 Å². The first-order valence-corrected chi connectivity index (χ1v) is 9.27. The summed E-state index contributed by atoms with van der Waals surface area (Å²) < 4.78 is 21.3. The van der Waals surface area contributed by atoms with E-state index in [4.69, 9.17) is 9.72 Å². The van der Waals surface area contributed by atoms with Crippen LogP contribution in [0.5, 0.6) is 0 Å². The van der Waals surface area contributed by atoms with Gasteiger partial charge in [0.25, 0.3) is 0 Å². The lowest BCUT2D eigenvalue weighted by Gasteiger charge is -2.17. The van der Waals surface area contributed by atoms with E-state index in [0.29, 0.717) is 33.8 Å². The standard InChI is InChI=1S/C19H18FN7O2/c1-9(25-17-14-16(22-7-21-14)23-8-24-17)18-26-12-6-5-11(20)13(19(28)29-2)15(12)27(18)10-3-4-10/h5-10H,3-4H2,1-2H3,(H2,21,22,23,24,25). The maximum absolute atomic E-state index is 14.5. The predicted octanol–water partition coefficient (Wildman–Crippen LogP) is 3.14. The van der Waals surface area contributed by atoms with Crippen LogP contribution in [0.2, 0.25) is 0 Å². The van der Waals surface area contributed by atoms with E-state index in [-0.39, 0.29) is 17.6 Å². The van der Waals surface area contributed by atoms with Gasteiger partial charge in [-0.25, -0.2) is 29.1 Å². The van der Waals surface area contributed by atoms with Gasteiger partial charge in [0, 0.05) is 6.04 Å². The number of esters is 1. The molecule has 2 N–H and O–H groups in total. The molecule has 1 aliphatic carbocycles. The number of carbonyl (C=O) groups excluding carboxylic acids is 1. The Kier molecular flexibility index (Phi) is 3.93. The zero-order valence-electron chi connectivity index (χ0n) is 15.8. The van der Waals surface area contributed by atoms with Crippen molar-refractivity contribution in [3.8, 4) is 0 Å². The monoisotopic (exact) mass is 395 g/mol. The van der Waals surface area contributed by atoms with Gasteiger partial charge in [-0.3, -0.25) is 0 Å². The van der Waals surface area contributed by atoms with E-state index in [1.165, 1.54) is 19.5 Å². The molecule has 1 saturated carbocycles. The molecule has 5 rings (SSSR count). The Bertz CT molecular complexity index is 1240. The highest BCUT2D eigenvalue weighted by Gasteiger charge is 2.33. The van der Waals surface area contributed by atoms with Gasteiger partial charge in [0.05, 0.1) is 30.5 Å². The molecule has 0 saturated heterocycles. The van der Waals surface area contributed by atoms with E-state index < -0.39 is 11.8 Å². The summed E-state index contributed by atoms with van der Waals surface area (Å²) >= 11 is 0. The number of rotatable bonds is 5. The third-order valence-corrected chi connectivity index (χ3v) is 5.09. The highest BCUT2D eigenvalue weighted by atomic mass is 19.1. The minimum atomic E-state index is -0.711. The molecule has 4 aromatic rings. The average molecular weight is 395 g/mol. The Balaban J connectivity index is 1.64. The lowest BCUT2D eigenvalue weighted by atomic mass is 10.1. The third-order valence-electron chi connectivity index (χ3n) is 5.09. The summed E-state index contributed by atoms with van der Waals surface area (Å²) in [6.45, 7) is 1.94. The van der Waals surface area contributed by atoms with Crippen molar-refractivity contribution in [1.29, 1.82) is 0 Å². The van der Waals surface area contributed by atoms with Gasteiger partial charge in [-0.05, 0) is 31.9 Å². The van der Waals surface area contributed by atoms with E-state index in [1.807, 2.05) is 11.5 Å². The van der Waals surface area contributed by atoms with E-state index in [0.717, 1.165) is 12.8 Å². The number of imidazole rings is 2. The molecule has 29 heavy (non-hydrogen) atoms. The number of ether oxygens (including phenoxy) is 1. The number of hydrogen-bond donors (Lipinski definition) is 2. The number of halogens is 1. The van der Waals surface area contributed by atoms with E-state index in [1.54, 1.807) is 12.4 Å². The molecule has 0 aliphatic heterocycles. The molecule has 1 aliphatic rings. The lowest BCUT2D eigenvalue weighted by Crippen LogP contribution is -2.15. The summed E-state index contributed by atoms with van der Waals surface area (Å²) in [6, 6.07) is 2.74. The molecular weight excluding hydrogens is 377 g/mol. The van der Waals surface area contributed by atoms with Crippen LogP contribution >= 0.6 is 0 Å². The highest BCUT2D eigenvalue weighted by Crippen LogP contribution is 2.41. The zero-order valence-corrected chi connectivity index (χ0v) is 15.8. The number of carbonyl (C=O) groups is 1. The molecule has 3 aromatic heterocycles. The topological polar surface area (TPSA) is 111 Å². The number of nitrogens with zero attached hydrogens (tertiary/aromatic N) is 5. The number of benzene rings is 1. The van der Waals surface area contributed by atoms with E-state index in [9.17, 15) is 9.18 Å². The van der Waals surface area contributed by atoms with Crippen molar-refractivity contribution in [1.82, 2.24) is 29.5 Å². The molecular formula is C19H18FN7O2. The van der Waals surface area contributed by atoms with Gasteiger partial charge >= 0.3 is 5.97 Å². The van der Waals surface area contributed by atoms with Crippen LogP contribution in [-0.4, -0.2) is 42.6 Å². The number of fused-ring (bicyclic) bond motifs is 2. The van der Waals surface area contributed by atoms with Gasteiger partial charge in [-0.2, -0.15) is 0 Å². The zero-order chi connectivity index (χ0) is 20.1. The van der Waals surface area contributed by atoms with Crippen molar-refractivity contribution in [3.05, 3.63) is 42.0 Å². The summed E-state index contributed by atoms with van der Waals surface area (Å²) in [5, 5.41) is 3.33. The molecule has 1 unspecified atom stereocenters. The number of anilines is 1. The van der Waals surface area contributed by atoms with Crippen LogP contribution in [0.25, 0.3) is 22.2 Å². The molecule has 0 bridgehead atoms. The summed E-state index contributed by atoms with van der Waals surface area (Å²) in [4.78, 5) is 32.6. The molecule has 0 spiro atoms. The van der Waals surface area contributed by atoms with Crippen molar-refractivity contribution < 1.29 is 13.9 Å². The van der Waals surface area contributed by atoms with Gasteiger partial charge in [0.15, 0.2) is 11.5 Å². The van der Waals surface area contributed by atoms with Crippen LogP contribution in [0, 0.1) is 5.82 Å². The van der Waals surface area contributed by atoms with Crippen LogP contribution in [-0.2, 0) is 4.74 Å². The summed E-state index contributed by atoms with van der Waals surface area (Å²) in [5.74, 6) is -0.0383. The van der Waals surface area contributed by atoms with Gasteiger partial charge in [-0.15, -0.1) is 0 Å². The number of aromatic amines is 1. The van der Waals surface area contributed by atoms with Crippen LogP contribution < -0.4 is 5.32 Å². The van der Waals surface area contributed by atoms with Gasteiger partial charge < -0.3 is 19.6 Å².